The number of aromatic nitrogens is 2. The Morgan fingerprint density at radius 1 is 1.02 bits per heavy atom. The Kier molecular flexibility index (Phi) is 7.16. The number of carbonyl (C=O) groups is 2. The molecular formula is C29H25F4N5O2. The predicted molar refractivity (Wildman–Crippen MR) is 140 cm³/mol. The Labute approximate surface area is 227 Å². The maximum atomic E-state index is 14.0. The minimum absolute atomic E-state index is 0.0000985. The maximum absolute atomic E-state index is 14.0. The highest BCUT2D eigenvalue weighted by Crippen LogP contribution is 2.43. The zero-order valence-corrected chi connectivity index (χ0v) is 21.3. The van der Waals surface area contributed by atoms with Crippen molar-refractivity contribution < 1.29 is 27.2 Å². The molecule has 3 N–H and O–H groups in total. The van der Waals surface area contributed by atoms with Crippen LogP contribution in [0.4, 0.5) is 23.4 Å². The maximum Gasteiger partial charge on any atom is 0.416 e. The highest BCUT2D eigenvalue weighted by molar-refractivity contribution is 6.05. The average molecular weight is 552 g/mol. The predicted octanol–water partition coefficient (Wildman–Crippen LogP) is 4.79. The van der Waals surface area contributed by atoms with E-state index in [0.29, 0.717) is 28.3 Å². The molecule has 40 heavy (non-hydrogen) atoms. The second-order valence-corrected chi connectivity index (χ2v) is 9.28. The van der Waals surface area contributed by atoms with Crippen LogP contribution in [0.5, 0.6) is 0 Å². The number of hydrogen-bond donors (Lipinski definition) is 2. The van der Waals surface area contributed by atoms with Crippen molar-refractivity contribution in [1.82, 2.24) is 15.1 Å². The number of nitrogens with one attached hydrogen (secondary N) is 1. The lowest BCUT2D eigenvalue weighted by Crippen LogP contribution is -2.55. The van der Waals surface area contributed by atoms with E-state index in [4.69, 9.17) is 10.8 Å². The first-order chi connectivity index (χ1) is 19.1. The SMILES string of the molecule is CCN1C(=O)[C@@H](NC(=O)c2cccc(C(F)(F)F)c2)[C@@H](c2ccc(F)cc2)c2c(CN)nn(-c3ccccc3)c21. The Morgan fingerprint density at radius 3 is 2.35 bits per heavy atom. The van der Waals surface area contributed by atoms with Gasteiger partial charge >= 0.3 is 6.18 Å². The number of anilines is 1. The Balaban J connectivity index is 1.67. The molecule has 0 spiro atoms. The molecule has 1 aliphatic rings. The minimum atomic E-state index is -4.65. The molecule has 206 valence electrons. The van der Waals surface area contributed by atoms with E-state index in [9.17, 15) is 27.2 Å². The van der Waals surface area contributed by atoms with E-state index in [0.717, 1.165) is 18.2 Å². The Morgan fingerprint density at radius 2 is 1.73 bits per heavy atom. The Hall–Kier alpha value is -4.51. The highest BCUT2D eigenvalue weighted by atomic mass is 19.4. The van der Waals surface area contributed by atoms with Crippen molar-refractivity contribution in [3.63, 3.8) is 0 Å². The van der Waals surface area contributed by atoms with Crippen LogP contribution in [-0.4, -0.2) is 34.2 Å². The van der Waals surface area contributed by atoms with Crippen molar-refractivity contribution in [2.24, 2.45) is 5.73 Å². The van der Waals surface area contributed by atoms with E-state index in [2.05, 4.69) is 5.32 Å². The lowest BCUT2D eigenvalue weighted by atomic mass is 9.80. The van der Waals surface area contributed by atoms with Crippen LogP contribution in [0.25, 0.3) is 5.69 Å². The number of nitrogens with zero attached hydrogens (tertiary/aromatic N) is 3. The van der Waals surface area contributed by atoms with E-state index in [-0.39, 0.29) is 18.7 Å². The third kappa shape index (κ3) is 4.84. The molecule has 7 nitrogen and oxygen atoms in total. The molecule has 3 aromatic carbocycles. The molecule has 2 heterocycles. The van der Waals surface area contributed by atoms with Crippen LogP contribution in [0.15, 0.2) is 78.9 Å². The van der Waals surface area contributed by atoms with Gasteiger partial charge in [0.25, 0.3) is 11.8 Å². The molecule has 1 aliphatic heterocycles. The van der Waals surface area contributed by atoms with Crippen molar-refractivity contribution in [2.45, 2.75) is 31.6 Å². The molecule has 0 radical (unpaired) electrons. The van der Waals surface area contributed by atoms with Gasteiger partial charge in [-0.1, -0.05) is 36.4 Å². The third-order valence-electron chi connectivity index (χ3n) is 6.88. The summed E-state index contributed by atoms with van der Waals surface area (Å²) in [7, 11) is 0. The van der Waals surface area contributed by atoms with Crippen molar-refractivity contribution >= 4 is 17.6 Å². The third-order valence-corrected chi connectivity index (χ3v) is 6.88. The monoisotopic (exact) mass is 551 g/mol. The van der Waals surface area contributed by atoms with Gasteiger partial charge in [0.1, 0.15) is 17.7 Å². The summed E-state index contributed by atoms with van der Waals surface area (Å²) in [5, 5.41) is 7.37. The van der Waals surface area contributed by atoms with Gasteiger partial charge in [-0.25, -0.2) is 9.07 Å². The number of alkyl halides is 3. The number of fused-ring (bicyclic) bond motifs is 1. The van der Waals surface area contributed by atoms with Crippen molar-refractivity contribution in [3.05, 3.63) is 113 Å². The van der Waals surface area contributed by atoms with E-state index in [1.807, 2.05) is 30.3 Å². The Bertz CT molecular complexity index is 1550. The molecule has 0 saturated heterocycles. The van der Waals surface area contributed by atoms with Gasteiger partial charge in [-0.2, -0.15) is 18.3 Å². The summed E-state index contributed by atoms with van der Waals surface area (Å²) in [6, 6.07) is 17.3. The minimum Gasteiger partial charge on any atom is -0.339 e. The molecule has 0 fully saturated rings. The fourth-order valence-corrected chi connectivity index (χ4v) is 5.07. The summed E-state index contributed by atoms with van der Waals surface area (Å²) in [6.45, 7) is 1.97. The number of amides is 2. The second kappa shape index (κ2) is 10.6. The largest absolute Gasteiger partial charge is 0.416 e. The van der Waals surface area contributed by atoms with Gasteiger partial charge in [-0.05, 0) is 55.0 Å². The number of nitrogens with two attached hydrogens (primary N) is 1. The van der Waals surface area contributed by atoms with Crippen LogP contribution in [0, 0.1) is 5.82 Å². The summed E-state index contributed by atoms with van der Waals surface area (Å²) >= 11 is 0. The summed E-state index contributed by atoms with van der Waals surface area (Å²) in [5.74, 6) is -2.24. The highest BCUT2D eigenvalue weighted by Gasteiger charge is 2.46. The van der Waals surface area contributed by atoms with Gasteiger partial charge in [-0.3, -0.25) is 14.5 Å². The fraction of sp³-hybridized carbons (Fsp3) is 0.207. The number of benzene rings is 3. The summed E-state index contributed by atoms with van der Waals surface area (Å²) in [4.78, 5) is 28.8. The molecule has 0 unspecified atom stereocenters. The zero-order valence-electron chi connectivity index (χ0n) is 21.3. The van der Waals surface area contributed by atoms with Crippen LogP contribution in [0.3, 0.4) is 0 Å². The van der Waals surface area contributed by atoms with E-state index in [1.165, 1.54) is 35.2 Å². The molecule has 2 amide bonds. The summed E-state index contributed by atoms with van der Waals surface area (Å²) in [5.41, 5.74) is 7.07. The van der Waals surface area contributed by atoms with Crippen LogP contribution in [0.1, 0.15) is 45.6 Å². The van der Waals surface area contributed by atoms with Crippen LogP contribution in [-0.2, 0) is 17.5 Å². The van der Waals surface area contributed by atoms with Crippen molar-refractivity contribution in [3.8, 4) is 5.69 Å². The van der Waals surface area contributed by atoms with Gasteiger partial charge in [-0.15, -0.1) is 0 Å². The van der Waals surface area contributed by atoms with Crippen molar-refractivity contribution in [2.75, 3.05) is 11.4 Å². The number of hydrogen-bond acceptors (Lipinski definition) is 4. The van der Waals surface area contributed by atoms with Crippen molar-refractivity contribution in [1.29, 1.82) is 0 Å². The van der Waals surface area contributed by atoms with Crippen LogP contribution < -0.4 is 16.0 Å². The molecule has 1 aromatic heterocycles. The summed E-state index contributed by atoms with van der Waals surface area (Å²) < 4.78 is 55.5. The van der Waals surface area contributed by atoms with Gasteiger partial charge in [0, 0.05) is 30.1 Å². The quantitative estimate of drug-likeness (QED) is 0.337. The lowest BCUT2D eigenvalue weighted by Gasteiger charge is -2.38. The lowest BCUT2D eigenvalue weighted by molar-refractivity contribution is -0.137. The second-order valence-electron chi connectivity index (χ2n) is 9.28. The van der Waals surface area contributed by atoms with Gasteiger partial charge in [0.2, 0.25) is 0 Å². The standard InChI is InChI=1S/C29H25F4N5O2/c1-2-37-27-24(22(16-34)36-38(27)21-9-4-3-5-10-21)23(17-11-13-20(30)14-12-17)25(28(37)40)35-26(39)18-7-6-8-19(15-18)29(31,32)33/h3-15,23,25H,2,16,34H2,1H3,(H,35,39)/t23-,25-/m0/s1. The smallest absolute Gasteiger partial charge is 0.339 e. The molecule has 5 rings (SSSR count). The van der Waals surface area contributed by atoms with E-state index < -0.39 is 41.3 Å². The molecule has 0 aliphatic carbocycles. The van der Waals surface area contributed by atoms with Crippen LogP contribution in [0.2, 0.25) is 0 Å². The zero-order chi connectivity index (χ0) is 28.6. The van der Waals surface area contributed by atoms with Crippen LogP contribution >= 0.6 is 0 Å². The first kappa shape index (κ1) is 27.1. The first-order valence-electron chi connectivity index (χ1n) is 12.6. The number of para-hydroxylation sites is 1. The number of carbonyl (C=O) groups excluding carboxylic acids is 2. The molecule has 0 saturated carbocycles. The molecular weight excluding hydrogens is 526 g/mol. The number of rotatable bonds is 6. The van der Waals surface area contributed by atoms with Gasteiger partial charge in [0.15, 0.2) is 0 Å². The topological polar surface area (TPSA) is 93.2 Å². The molecule has 0 bridgehead atoms. The number of likely N-dealkylation sites (N-methyl/N-ethyl adjacent to an activating group) is 1. The fourth-order valence-electron chi connectivity index (χ4n) is 5.07. The first-order valence-corrected chi connectivity index (χ1v) is 12.6. The van der Waals surface area contributed by atoms with Gasteiger partial charge < -0.3 is 11.1 Å². The molecule has 2 atom stereocenters. The number of halogens is 4. The molecule has 11 heteroatoms. The van der Waals surface area contributed by atoms with Gasteiger partial charge in [0.05, 0.1) is 16.9 Å². The molecule has 4 aromatic rings. The van der Waals surface area contributed by atoms with E-state index >= 15 is 0 Å². The van der Waals surface area contributed by atoms with E-state index in [1.54, 1.807) is 11.6 Å². The normalized spacial score (nSPS) is 17.1. The average Bonchev–Trinajstić information content (AvgIpc) is 3.33. The summed E-state index contributed by atoms with van der Waals surface area (Å²) in [6.07, 6.45) is -4.65.